The lowest BCUT2D eigenvalue weighted by atomic mass is 10.2. The quantitative estimate of drug-likeness (QED) is 0.872. The van der Waals surface area contributed by atoms with E-state index in [9.17, 15) is 13.2 Å². The fourth-order valence-electron chi connectivity index (χ4n) is 1.65. The molecule has 0 fully saturated rings. The van der Waals surface area contributed by atoms with Crippen LogP contribution < -0.4 is 10.2 Å². The maximum absolute atomic E-state index is 13.4. The zero-order valence-corrected chi connectivity index (χ0v) is 11.1. The Bertz CT molecular complexity index is 597. The largest absolute Gasteiger partial charge is 0.380 e. The lowest BCUT2D eigenvalue weighted by molar-refractivity contribution is 0.490. The number of nitrogens with one attached hydrogen (secondary N) is 1. The van der Waals surface area contributed by atoms with Crippen LogP contribution in [-0.2, 0) is 6.54 Å². The molecule has 1 N–H and O–H groups in total. The van der Waals surface area contributed by atoms with Crippen molar-refractivity contribution in [2.75, 3.05) is 24.3 Å². The molecule has 0 spiro atoms. The Hall–Kier alpha value is -2.24. The van der Waals surface area contributed by atoms with Gasteiger partial charge in [0.25, 0.3) is 0 Å². The highest BCUT2D eigenvalue weighted by atomic mass is 19.2. The van der Waals surface area contributed by atoms with E-state index in [0.717, 1.165) is 11.9 Å². The highest BCUT2D eigenvalue weighted by Crippen LogP contribution is 2.16. The van der Waals surface area contributed by atoms with Gasteiger partial charge in [-0.25, -0.2) is 18.2 Å². The average molecular weight is 281 g/mol. The van der Waals surface area contributed by atoms with E-state index in [2.05, 4.69) is 10.3 Å². The SMILES string of the molecule is CN(C)c1ccc(NCc2cc(F)c(F)cc2F)cn1. The van der Waals surface area contributed by atoms with E-state index in [4.69, 9.17) is 0 Å². The Morgan fingerprint density at radius 3 is 2.35 bits per heavy atom. The standard InChI is InChI=1S/C14H14F3N3/c1-20(2)14-4-3-10(8-19-14)18-7-9-5-12(16)13(17)6-11(9)15/h3-6,8,18H,7H2,1-2H3. The molecule has 2 aromatic rings. The highest BCUT2D eigenvalue weighted by molar-refractivity contribution is 5.48. The van der Waals surface area contributed by atoms with Crippen molar-refractivity contribution in [3.05, 3.63) is 53.5 Å². The molecule has 3 nitrogen and oxygen atoms in total. The number of rotatable bonds is 4. The van der Waals surface area contributed by atoms with Crippen LogP contribution in [0.5, 0.6) is 0 Å². The van der Waals surface area contributed by atoms with Crippen molar-refractivity contribution in [1.29, 1.82) is 0 Å². The van der Waals surface area contributed by atoms with Gasteiger partial charge >= 0.3 is 0 Å². The van der Waals surface area contributed by atoms with E-state index in [1.165, 1.54) is 0 Å². The van der Waals surface area contributed by atoms with Gasteiger partial charge in [0, 0.05) is 32.3 Å². The second-order valence-corrected chi connectivity index (χ2v) is 4.51. The fraction of sp³-hybridized carbons (Fsp3) is 0.214. The summed E-state index contributed by atoms with van der Waals surface area (Å²) in [5, 5.41) is 2.90. The van der Waals surface area contributed by atoms with Gasteiger partial charge in [-0.05, 0) is 18.2 Å². The number of pyridine rings is 1. The van der Waals surface area contributed by atoms with Crippen molar-refractivity contribution < 1.29 is 13.2 Å². The molecule has 0 aliphatic rings. The summed E-state index contributed by atoms with van der Waals surface area (Å²) in [6, 6.07) is 4.96. The topological polar surface area (TPSA) is 28.2 Å². The molecule has 0 bridgehead atoms. The van der Waals surface area contributed by atoms with Gasteiger partial charge in [0.2, 0.25) is 0 Å². The first kappa shape index (κ1) is 14.2. The second-order valence-electron chi connectivity index (χ2n) is 4.51. The fourth-order valence-corrected chi connectivity index (χ4v) is 1.65. The van der Waals surface area contributed by atoms with E-state index in [1.807, 2.05) is 19.0 Å². The third kappa shape index (κ3) is 3.20. The van der Waals surface area contributed by atoms with Gasteiger partial charge in [0.1, 0.15) is 11.6 Å². The summed E-state index contributed by atoms with van der Waals surface area (Å²) in [6.45, 7) is 0.0476. The summed E-state index contributed by atoms with van der Waals surface area (Å²) in [4.78, 5) is 6.03. The Morgan fingerprint density at radius 1 is 1.05 bits per heavy atom. The number of hydrogen-bond acceptors (Lipinski definition) is 3. The zero-order chi connectivity index (χ0) is 14.7. The lowest BCUT2D eigenvalue weighted by Gasteiger charge is -2.12. The molecule has 0 radical (unpaired) electrons. The summed E-state index contributed by atoms with van der Waals surface area (Å²) < 4.78 is 39.3. The molecule has 0 saturated heterocycles. The Labute approximate surface area is 115 Å². The van der Waals surface area contributed by atoms with E-state index < -0.39 is 17.5 Å². The molecule has 0 aliphatic carbocycles. The molecule has 1 aromatic carbocycles. The molecule has 6 heteroatoms. The lowest BCUT2D eigenvalue weighted by Crippen LogP contribution is -2.10. The van der Waals surface area contributed by atoms with E-state index >= 15 is 0 Å². The number of nitrogens with zero attached hydrogens (tertiary/aromatic N) is 2. The Morgan fingerprint density at radius 2 is 1.75 bits per heavy atom. The molecule has 0 unspecified atom stereocenters. The molecular formula is C14H14F3N3. The number of anilines is 2. The molecule has 0 aliphatic heterocycles. The van der Waals surface area contributed by atoms with Crippen LogP contribution in [0.25, 0.3) is 0 Å². The number of benzene rings is 1. The maximum atomic E-state index is 13.4. The normalized spacial score (nSPS) is 10.4. The van der Waals surface area contributed by atoms with Crippen molar-refractivity contribution in [1.82, 2.24) is 4.98 Å². The predicted molar refractivity (Wildman–Crippen MR) is 72.2 cm³/mol. The summed E-state index contributed by atoms with van der Waals surface area (Å²) in [6.07, 6.45) is 1.59. The van der Waals surface area contributed by atoms with E-state index in [-0.39, 0.29) is 12.1 Å². The molecule has 2 rings (SSSR count). The molecule has 0 saturated carbocycles. The van der Waals surface area contributed by atoms with Crippen molar-refractivity contribution in [2.45, 2.75) is 6.54 Å². The first-order valence-electron chi connectivity index (χ1n) is 5.98. The summed E-state index contributed by atoms with van der Waals surface area (Å²) in [5.41, 5.74) is 0.723. The van der Waals surface area contributed by atoms with Crippen molar-refractivity contribution >= 4 is 11.5 Å². The molecular weight excluding hydrogens is 267 g/mol. The summed E-state index contributed by atoms with van der Waals surface area (Å²) in [5.74, 6) is -2.25. The van der Waals surface area contributed by atoms with Crippen LogP contribution >= 0.6 is 0 Å². The van der Waals surface area contributed by atoms with Crippen LogP contribution in [-0.4, -0.2) is 19.1 Å². The number of hydrogen-bond donors (Lipinski definition) is 1. The molecule has 20 heavy (non-hydrogen) atoms. The third-order valence-electron chi connectivity index (χ3n) is 2.78. The minimum atomic E-state index is -1.19. The molecule has 1 aromatic heterocycles. The molecule has 1 heterocycles. The van der Waals surface area contributed by atoms with Gasteiger partial charge in [-0.3, -0.25) is 0 Å². The smallest absolute Gasteiger partial charge is 0.161 e. The first-order chi connectivity index (χ1) is 9.47. The van der Waals surface area contributed by atoms with Crippen LogP contribution in [0.1, 0.15) is 5.56 Å². The van der Waals surface area contributed by atoms with Crippen molar-refractivity contribution in [3.63, 3.8) is 0 Å². The summed E-state index contributed by atoms with van der Waals surface area (Å²) in [7, 11) is 3.73. The van der Waals surface area contributed by atoms with Crippen LogP contribution in [0.4, 0.5) is 24.7 Å². The molecule has 106 valence electrons. The van der Waals surface area contributed by atoms with Crippen LogP contribution in [0.15, 0.2) is 30.5 Å². The molecule has 0 amide bonds. The maximum Gasteiger partial charge on any atom is 0.161 e. The monoisotopic (exact) mass is 281 g/mol. The first-order valence-corrected chi connectivity index (χ1v) is 5.98. The summed E-state index contributed by atoms with van der Waals surface area (Å²) >= 11 is 0. The number of aromatic nitrogens is 1. The van der Waals surface area contributed by atoms with Gasteiger partial charge in [0.15, 0.2) is 11.6 Å². The third-order valence-corrected chi connectivity index (χ3v) is 2.78. The van der Waals surface area contributed by atoms with Crippen LogP contribution in [0, 0.1) is 17.5 Å². The van der Waals surface area contributed by atoms with Crippen molar-refractivity contribution in [2.24, 2.45) is 0 Å². The number of halogens is 3. The minimum absolute atomic E-state index is 0.0476. The van der Waals surface area contributed by atoms with Gasteiger partial charge < -0.3 is 10.2 Å². The molecule has 0 atom stereocenters. The average Bonchev–Trinajstić information content (AvgIpc) is 2.42. The van der Waals surface area contributed by atoms with E-state index in [1.54, 1.807) is 18.3 Å². The second kappa shape index (κ2) is 5.81. The van der Waals surface area contributed by atoms with Crippen molar-refractivity contribution in [3.8, 4) is 0 Å². The van der Waals surface area contributed by atoms with Gasteiger partial charge in [-0.1, -0.05) is 0 Å². The van der Waals surface area contributed by atoms with Gasteiger partial charge in [-0.15, -0.1) is 0 Å². The van der Waals surface area contributed by atoms with Gasteiger partial charge in [0.05, 0.1) is 11.9 Å². The van der Waals surface area contributed by atoms with Crippen LogP contribution in [0.2, 0.25) is 0 Å². The van der Waals surface area contributed by atoms with Gasteiger partial charge in [-0.2, -0.15) is 0 Å². The predicted octanol–water partition coefficient (Wildman–Crippen LogP) is 3.18. The van der Waals surface area contributed by atoms with E-state index in [0.29, 0.717) is 11.8 Å². The Kier molecular flexibility index (Phi) is 4.12. The highest BCUT2D eigenvalue weighted by Gasteiger charge is 2.09. The zero-order valence-electron chi connectivity index (χ0n) is 11.1. The Balaban J connectivity index is 2.07. The van der Waals surface area contributed by atoms with Crippen LogP contribution in [0.3, 0.4) is 0 Å². The minimum Gasteiger partial charge on any atom is -0.380 e.